The topological polar surface area (TPSA) is 63.2 Å². The van der Waals surface area contributed by atoms with Gasteiger partial charge in [-0.25, -0.2) is 9.37 Å². The van der Waals surface area contributed by atoms with Gasteiger partial charge in [-0.05, 0) is 24.1 Å². The standard InChI is InChI=1S/C17H20FN3O2S/c1-11-2-3-12(7-15(11)18)6-14-9-20-17(24-14)21-16(22)8-13-10-23-5-4-19-13/h2-3,7,9,13,19H,4-6,8,10H2,1H3,(H,20,21,22). The number of thiazole rings is 1. The van der Waals surface area contributed by atoms with E-state index in [0.29, 0.717) is 36.8 Å². The third-order valence-corrected chi connectivity index (χ3v) is 4.76. The molecule has 1 aliphatic heterocycles. The van der Waals surface area contributed by atoms with Gasteiger partial charge in [0.1, 0.15) is 5.82 Å². The number of aryl methyl sites for hydroxylation is 1. The van der Waals surface area contributed by atoms with E-state index in [9.17, 15) is 9.18 Å². The number of ether oxygens (including phenoxy) is 1. The molecule has 2 aromatic rings. The molecule has 1 atom stereocenters. The zero-order valence-electron chi connectivity index (χ0n) is 13.5. The molecule has 1 aliphatic rings. The molecule has 24 heavy (non-hydrogen) atoms. The van der Waals surface area contributed by atoms with Crippen LogP contribution in [-0.2, 0) is 16.0 Å². The molecule has 0 spiro atoms. The molecular weight excluding hydrogens is 329 g/mol. The number of aromatic nitrogens is 1. The van der Waals surface area contributed by atoms with Crippen LogP contribution in [0.25, 0.3) is 0 Å². The van der Waals surface area contributed by atoms with Crippen molar-refractivity contribution in [2.45, 2.75) is 25.8 Å². The van der Waals surface area contributed by atoms with E-state index < -0.39 is 0 Å². The number of nitrogens with zero attached hydrogens (tertiary/aromatic N) is 1. The average molecular weight is 349 g/mol. The molecule has 1 fully saturated rings. The lowest BCUT2D eigenvalue weighted by atomic mass is 10.1. The van der Waals surface area contributed by atoms with Gasteiger partial charge in [-0.2, -0.15) is 0 Å². The van der Waals surface area contributed by atoms with Gasteiger partial charge in [0.2, 0.25) is 5.91 Å². The highest BCUT2D eigenvalue weighted by molar-refractivity contribution is 7.15. The van der Waals surface area contributed by atoms with E-state index in [1.165, 1.54) is 11.3 Å². The van der Waals surface area contributed by atoms with Crippen LogP contribution >= 0.6 is 11.3 Å². The van der Waals surface area contributed by atoms with Crippen molar-refractivity contribution in [3.8, 4) is 0 Å². The predicted octanol–water partition coefficient (Wildman–Crippen LogP) is 2.50. The zero-order chi connectivity index (χ0) is 16.9. The van der Waals surface area contributed by atoms with Crippen LogP contribution < -0.4 is 10.6 Å². The summed E-state index contributed by atoms with van der Waals surface area (Å²) in [5, 5.41) is 6.63. The highest BCUT2D eigenvalue weighted by atomic mass is 32.1. The molecule has 1 aromatic heterocycles. The Morgan fingerprint density at radius 2 is 2.42 bits per heavy atom. The first-order valence-corrected chi connectivity index (χ1v) is 8.72. The van der Waals surface area contributed by atoms with Crippen LogP contribution in [0, 0.1) is 12.7 Å². The summed E-state index contributed by atoms with van der Waals surface area (Å²) in [4.78, 5) is 17.2. The maximum absolute atomic E-state index is 13.6. The molecule has 0 radical (unpaired) electrons. The number of nitrogens with one attached hydrogen (secondary N) is 2. The van der Waals surface area contributed by atoms with E-state index in [4.69, 9.17) is 4.74 Å². The Morgan fingerprint density at radius 3 is 3.17 bits per heavy atom. The van der Waals surface area contributed by atoms with Gasteiger partial charge < -0.3 is 15.4 Å². The Balaban J connectivity index is 1.54. The van der Waals surface area contributed by atoms with Gasteiger partial charge in [-0.1, -0.05) is 12.1 Å². The molecule has 1 amide bonds. The summed E-state index contributed by atoms with van der Waals surface area (Å²) in [5.41, 5.74) is 1.53. The number of benzene rings is 1. The number of rotatable bonds is 5. The van der Waals surface area contributed by atoms with Crippen molar-refractivity contribution in [3.05, 3.63) is 46.2 Å². The fourth-order valence-electron chi connectivity index (χ4n) is 2.54. The second-order valence-corrected chi connectivity index (χ2v) is 6.99. The first-order chi connectivity index (χ1) is 11.6. The van der Waals surface area contributed by atoms with Gasteiger partial charge in [0.05, 0.1) is 13.2 Å². The van der Waals surface area contributed by atoms with E-state index in [1.54, 1.807) is 25.3 Å². The van der Waals surface area contributed by atoms with Crippen LogP contribution in [0.2, 0.25) is 0 Å². The third kappa shape index (κ3) is 4.59. The number of hydrogen-bond acceptors (Lipinski definition) is 5. The van der Waals surface area contributed by atoms with Crippen molar-refractivity contribution in [2.75, 3.05) is 25.1 Å². The van der Waals surface area contributed by atoms with E-state index >= 15 is 0 Å². The van der Waals surface area contributed by atoms with Crippen LogP contribution in [-0.4, -0.2) is 36.7 Å². The number of carbonyl (C=O) groups is 1. The van der Waals surface area contributed by atoms with Crippen molar-refractivity contribution >= 4 is 22.4 Å². The van der Waals surface area contributed by atoms with Crippen LogP contribution in [0.4, 0.5) is 9.52 Å². The summed E-state index contributed by atoms with van der Waals surface area (Å²) in [5.74, 6) is -0.284. The van der Waals surface area contributed by atoms with Crippen LogP contribution in [0.5, 0.6) is 0 Å². The van der Waals surface area contributed by atoms with Crippen LogP contribution in [0.1, 0.15) is 22.4 Å². The minimum atomic E-state index is -0.201. The monoisotopic (exact) mass is 349 g/mol. The molecule has 1 saturated heterocycles. The molecule has 1 unspecified atom stereocenters. The normalized spacial score (nSPS) is 17.7. The number of halogens is 1. The fourth-order valence-corrected chi connectivity index (χ4v) is 3.40. The third-order valence-electron chi connectivity index (χ3n) is 3.84. The van der Waals surface area contributed by atoms with Gasteiger partial charge in [0, 0.05) is 36.5 Å². The maximum Gasteiger partial charge on any atom is 0.227 e. The Morgan fingerprint density at radius 1 is 1.54 bits per heavy atom. The number of carbonyl (C=O) groups excluding carboxylic acids is 1. The smallest absolute Gasteiger partial charge is 0.227 e. The highest BCUT2D eigenvalue weighted by Gasteiger charge is 2.17. The largest absolute Gasteiger partial charge is 0.378 e. The number of anilines is 1. The number of amides is 1. The minimum Gasteiger partial charge on any atom is -0.378 e. The number of morpholine rings is 1. The van der Waals surface area contributed by atoms with Crippen molar-refractivity contribution in [2.24, 2.45) is 0 Å². The Bertz CT molecular complexity index is 714. The quantitative estimate of drug-likeness (QED) is 0.871. The Labute approximate surface area is 144 Å². The molecule has 2 heterocycles. The summed E-state index contributed by atoms with van der Waals surface area (Å²) >= 11 is 1.41. The first-order valence-electron chi connectivity index (χ1n) is 7.91. The van der Waals surface area contributed by atoms with Gasteiger partial charge in [0.15, 0.2) is 5.13 Å². The summed E-state index contributed by atoms with van der Waals surface area (Å²) in [6.07, 6.45) is 2.68. The van der Waals surface area contributed by atoms with Crippen LogP contribution in [0.3, 0.4) is 0 Å². The van der Waals surface area contributed by atoms with Gasteiger partial charge in [-0.3, -0.25) is 4.79 Å². The predicted molar refractivity (Wildman–Crippen MR) is 91.9 cm³/mol. The van der Waals surface area contributed by atoms with E-state index in [1.807, 2.05) is 6.07 Å². The molecule has 1 aromatic carbocycles. The molecule has 2 N–H and O–H groups in total. The molecule has 0 saturated carbocycles. The molecule has 3 rings (SSSR count). The molecule has 128 valence electrons. The zero-order valence-corrected chi connectivity index (χ0v) is 14.3. The van der Waals surface area contributed by atoms with Gasteiger partial charge in [0.25, 0.3) is 0 Å². The lowest BCUT2D eigenvalue weighted by Crippen LogP contribution is -2.43. The molecule has 5 nitrogen and oxygen atoms in total. The van der Waals surface area contributed by atoms with Crippen molar-refractivity contribution in [1.82, 2.24) is 10.3 Å². The summed E-state index contributed by atoms with van der Waals surface area (Å²) in [6, 6.07) is 5.27. The van der Waals surface area contributed by atoms with Crippen molar-refractivity contribution in [1.29, 1.82) is 0 Å². The number of hydrogen-bond donors (Lipinski definition) is 2. The highest BCUT2D eigenvalue weighted by Crippen LogP contribution is 2.22. The second kappa shape index (κ2) is 7.83. The second-order valence-electron chi connectivity index (χ2n) is 5.87. The lowest BCUT2D eigenvalue weighted by molar-refractivity contribution is -0.117. The Kier molecular flexibility index (Phi) is 5.55. The van der Waals surface area contributed by atoms with Crippen LogP contribution in [0.15, 0.2) is 24.4 Å². The van der Waals surface area contributed by atoms with E-state index in [2.05, 4.69) is 15.6 Å². The van der Waals surface area contributed by atoms with Crippen molar-refractivity contribution in [3.63, 3.8) is 0 Å². The van der Waals surface area contributed by atoms with E-state index in [0.717, 1.165) is 17.0 Å². The summed E-state index contributed by atoms with van der Waals surface area (Å²) in [6.45, 7) is 3.75. The van der Waals surface area contributed by atoms with Gasteiger partial charge in [-0.15, -0.1) is 11.3 Å². The average Bonchev–Trinajstić information content (AvgIpc) is 2.98. The summed E-state index contributed by atoms with van der Waals surface area (Å²) < 4.78 is 18.9. The fraction of sp³-hybridized carbons (Fsp3) is 0.412. The summed E-state index contributed by atoms with van der Waals surface area (Å²) in [7, 11) is 0. The first kappa shape index (κ1) is 17.0. The molecule has 7 heteroatoms. The van der Waals surface area contributed by atoms with Gasteiger partial charge >= 0.3 is 0 Å². The van der Waals surface area contributed by atoms with E-state index in [-0.39, 0.29) is 17.8 Å². The maximum atomic E-state index is 13.6. The lowest BCUT2D eigenvalue weighted by Gasteiger charge is -2.22. The molecular formula is C17H20FN3O2S. The minimum absolute atomic E-state index is 0.0497. The Hall–Kier alpha value is -1.83. The SMILES string of the molecule is Cc1ccc(Cc2cnc(NC(=O)CC3COCCN3)s2)cc1F. The van der Waals surface area contributed by atoms with Crippen molar-refractivity contribution < 1.29 is 13.9 Å². The molecule has 0 aliphatic carbocycles. The molecule has 0 bridgehead atoms.